The maximum absolute atomic E-state index is 15.2. The number of carbonyl (C=O) groups excluding carboxylic acids is 1. The Labute approximate surface area is 225 Å². The third-order valence-electron chi connectivity index (χ3n) is 7.47. The van der Waals surface area contributed by atoms with Crippen LogP contribution >= 0.6 is 0 Å². The molecule has 0 unspecified atom stereocenters. The largest absolute Gasteiger partial charge is 0.382 e. The zero-order chi connectivity index (χ0) is 26.8. The van der Waals surface area contributed by atoms with E-state index in [1.54, 1.807) is 36.3 Å². The predicted octanol–water partition coefficient (Wildman–Crippen LogP) is 5.15. The van der Waals surface area contributed by atoms with E-state index in [1.807, 2.05) is 24.3 Å². The lowest BCUT2D eigenvalue weighted by molar-refractivity contribution is 0.0635. The van der Waals surface area contributed by atoms with Gasteiger partial charge in [-0.05, 0) is 48.7 Å². The molecule has 0 atom stereocenters. The van der Waals surface area contributed by atoms with Gasteiger partial charge < -0.3 is 10.1 Å². The van der Waals surface area contributed by atoms with E-state index in [0.29, 0.717) is 30.1 Å². The van der Waals surface area contributed by atoms with Gasteiger partial charge in [-0.15, -0.1) is 0 Å². The Morgan fingerprint density at radius 1 is 1.05 bits per heavy atom. The molecule has 0 spiro atoms. The number of hydrogen-bond acceptors (Lipinski definition) is 6. The first-order valence-corrected chi connectivity index (χ1v) is 13.2. The Morgan fingerprint density at radius 3 is 2.72 bits per heavy atom. The molecule has 8 nitrogen and oxygen atoms in total. The fourth-order valence-electron chi connectivity index (χ4n) is 5.49. The molecule has 6 rings (SSSR count). The second kappa shape index (κ2) is 10.5. The molecule has 5 aromatic rings. The van der Waals surface area contributed by atoms with Gasteiger partial charge in [0.25, 0.3) is 11.7 Å². The number of nitrogens with zero attached hydrogens (tertiary/aromatic N) is 5. The summed E-state index contributed by atoms with van der Waals surface area (Å²) >= 11 is 0. The molecule has 1 aliphatic carbocycles. The summed E-state index contributed by atoms with van der Waals surface area (Å²) in [5, 5.41) is 8.83. The van der Waals surface area contributed by atoms with Gasteiger partial charge in [-0.3, -0.25) is 9.78 Å². The molecule has 3 heterocycles. The van der Waals surface area contributed by atoms with Crippen molar-refractivity contribution in [1.82, 2.24) is 29.9 Å². The maximum atomic E-state index is 15.2. The van der Waals surface area contributed by atoms with Crippen LogP contribution in [0.2, 0.25) is 0 Å². The molecule has 1 saturated carbocycles. The van der Waals surface area contributed by atoms with Crippen molar-refractivity contribution < 1.29 is 13.9 Å². The van der Waals surface area contributed by atoms with Crippen LogP contribution in [-0.2, 0) is 11.2 Å². The van der Waals surface area contributed by atoms with Crippen LogP contribution < -0.4 is 5.32 Å². The number of benzene rings is 2. The minimum absolute atomic E-state index is 0.00273. The van der Waals surface area contributed by atoms with Gasteiger partial charge in [-0.1, -0.05) is 37.5 Å². The summed E-state index contributed by atoms with van der Waals surface area (Å²) in [5.41, 5.74) is 3.45. The van der Waals surface area contributed by atoms with E-state index in [1.165, 1.54) is 12.1 Å². The molecule has 1 fully saturated rings. The van der Waals surface area contributed by atoms with Gasteiger partial charge in [0.2, 0.25) is 0 Å². The highest BCUT2D eigenvalue weighted by atomic mass is 19.1. The first kappa shape index (κ1) is 25.1. The van der Waals surface area contributed by atoms with Crippen LogP contribution in [-0.4, -0.2) is 49.7 Å². The average molecular weight is 525 g/mol. The van der Waals surface area contributed by atoms with Crippen molar-refractivity contribution >= 4 is 22.6 Å². The molecular weight excluding hydrogens is 495 g/mol. The van der Waals surface area contributed by atoms with Crippen LogP contribution in [0.25, 0.3) is 27.9 Å². The molecule has 0 aliphatic heterocycles. The van der Waals surface area contributed by atoms with E-state index in [9.17, 15) is 4.79 Å². The van der Waals surface area contributed by atoms with Crippen LogP contribution in [0.4, 0.5) is 4.39 Å². The molecule has 0 radical (unpaired) electrons. The minimum atomic E-state index is -0.606. The van der Waals surface area contributed by atoms with E-state index in [2.05, 4.69) is 26.3 Å². The lowest BCUT2D eigenvalue weighted by Crippen LogP contribution is -2.53. The van der Waals surface area contributed by atoms with Gasteiger partial charge in [0.1, 0.15) is 11.5 Å². The van der Waals surface area contributed by atoms with Gasteiger partial charge in [-0.2, -0.15) is 5.10 Å². The number of amides is 1. The van der Waals surface area contributed by atoms with Crippen LogP contribution in [0.3, 0.4) is 0 Å². The lowest BCUT2D eigenvalue weighted by atomic mass is 9.82. The number of ether oxygens (including phenoxy) is 1. The molecule has 198 valence electrons. The minimum Gasteiger partial charge on any atom is -0.382 e. The van der Waals surface area contributed by atoms with Crippen molar-refractivity contribution in [1.29, 1.82) is 0 Å². The summed E-state index contributed by atoms with van der Waals surface area (Å²) < 4.78 is 22.3. The third-order valence-corrected chi connectivity index (χ3v) is 7.47. The second-order valence-electron chi connectivity index (χ2n) is 10.2. The smallest absolute Gasteiger partial charge is 0.254 e. The molecule has 0 bridgehead atoms. The number of imidazole rings is 1. The summed E-state index contributed by atoms with van der Waals surface area (Å²) in [6, 6.07) is 14.6. The van der Waals surface area contributed by atoms with Crippen molar-refractivity contribution in [3.8, 4) is 11.3 Å². The van der Waals surface area contributed by atoms with Crippen molar-refractivity contribution in [2.75, 3.05) is 13.7 Å². The van der Waals surface area contributed by atoms with Crippen molar-refractivity contribution in [2.24, 2.45) is 0 Å². The van der Waals surface area contributed by atoms with Crippen molar-refractivity contribution in [3.05, 3.63) is 89.8 Å². The predicted molar refractivity (Wildman–Crippen MR) is 146 cm³/mol. The number of methoxy groups -OCH3 is 1. The van der Waals surface area contributed by atoms with Crippen LogP contribution in [0.5, 0.6) is 0 Å². The Balaban J connectivity index is 1.25. The number of fused-ring (bicyclic) bond motifs is 2. The van der Waals surface area contributed by atoms with Gasteiger partial charge >= 0.3 is 0 Å². The average Bonchev–Trinajstić information content (AvgIpc) is 3.35. The Bertz CT molecular complexity index is 1650. The van der Waals surface area contributed by atoms with Gasteiger partial charge in [0, 0.05) is 30.7 Å². The fraction of sp³-hybridized carbons (Fsp3) is 0.300. The number of nitrogens with one attached hydrogen (secondary N) is 1. The van der Waals surface area contributed by atoms with Crippen molar-refractivity contribution in [2.45, 2.75) is 44.1 Å². The molecule has 3 aromatic heterocycles. The number of hydrogen-bond donors (Lipinski definition) is 1. The summed E-state index contributed by atoms with van der Waals surface area (Å²) in [5.74, 6) is -0.573. The number of halogens is 1. The number of aromatic nitrogens is 5. The normalized spacial score (nSPS) is 15.0. The molecule has 1 amide bonds. The van der Waals surface area contributed by atoms with E-state index in [4.69, 9.17) is 9.84 Å². The van der Waals surface area contributed by atoms with Crippen molar-refractivity contribution in [3.63, 3.8) is 0 Å². The second-order valence-corrected chi connectivity index (χ2v) is 10.2. The molecule has 9 heteroatoms. The monoisotopic (exact) mass is 524 g/mol. The van der Waals surface area contributed by atoms with Gasteiger partial charge in [0.15, 0.2) is 0 Å². The molecule has 0 saturated heterocycles. The number of pyridine rings is 1. The highest BCUT2D eigenvalue weighted by molar-refractivity contribution is 5.95. The summed E-state index contributed by atoms with van der Waals surface area (Å²) in [4.78, 5) is 26.2. The summed E-state index contributed by atoms with van der Waals surface area (Å²) in [7, 11) is 1.63. The van der Waals surface area contributed by atoms with Crippen LogP contribution in [0, 0.1) is 5.82 Å². The topological polar surface area (TPSA) is 94.3 Å². The van der Waals surface area contributed by atoms with E-state index >= 15 is 4.39 Å². The Morgan fingerprint density at radius 2 is 1.90 bits per heavy atom. The highest BCUT2D eigenvalue weighted by Gasteiger charge is 2.34. The first-order chi connectivity index (χ1) is 19.0. The Kier molecular flexibility index (Phi) is 6.74. The summed E-state index contributed by atoms with van der Waals surface area (Å²) in [6.07, 6.45) is 10.5. The standard InChI is InChI=1S/C30H29FN6O2/c1-39-19-30(11-3-2-4-12-30)35-28(38)24-9-8-22(16-25(24)31)27-18-34-29-33-17-23(37(29)36-27)15-20-7-10-26-21(14-20)6-5-13-32-26/h5-10,13-14,16-18H,2-4,11-12,15,19H2,1H3,(H,35,38). The summed E-state index contributed by atoms with van der Waals surface area (Å²) in [6.45, 7) is 0.414. The van der Waals surface area contributed by atoms with E-state index < -0.39 is 17.3 Å². The number of rotatable bonds is 7. The zero-order valence-corrected chi connectivity index (χ0v) is 21.7. The van der Waals surface area contributed by atoms with Gasteiger partial charge in [-0.25, -0.2) is 18.9 Å². The molecule has 1 aliphatic rings. The Hall–Kier alpha value is -4.24. The molecule has 1 N–H and O–H groups in total. The molecular formula is C30H29FN6O2. The van der Waals surface area contributed by atoms with E-state index in [-0.39, 0.29) is 5.56 Å². The van der Waals surface area contributed by atoms with Gasteiger partial charge in [0.05, 0.1) is 41.3 Å². The first-order valence-electron chi connectivity index (χ1n) is 13.2. The maximum Gasteiger partial charge on any atom is 0.254 e. The fourth-order valence-corrected chi connectivity index (χ4v) is 5.49. The quantitative estimate of drug-likeness (QED) is 0.317. The van der Waals surface area contributed by atoms with Crippen LogP contribution in [0.1, 0.15) is 53.7 Å². The lowest BCUT2D eigenvalue weighted by Gasteiger charge is -2.37. The highest BCUT2D eigenvalue weighted by Crippen LogP contribution is 2.29. The molecule has 39 heavy (non-hydrogen) atoms. The third kappa shape index (κ3) is 5.09. The molecule has 2 aromatic carbocycles. The number of carbonyl (C=O) groups is 1. The van der Waals surface area contributed by atoms with E-state index in [0.717, 1.165) is 54.3 Å². The van der Waals surface area contributed by atoms with Crippen LogP contribution in [0.15, 0.2) is 67.1 Å². The SMILES string of the molecule is COCC1(NC(=O)c2ccc(-c3cnc4ncc(Cc5ccc6ncccc6c5)n4n3)cc2F)CCCCC1. The zero-order valence-electron chi connectivity index (χ0n) is 21.7.